The zero-order chi connectivity index (χ0) is 25.1. The summed E-state index contributed by atoms with van der Waals surface area (Å²) in [6.07, 6.45) is 0.568. The van der Waals surface area contributed by atoms with E-state index in [0.29, 0.717) is 45.5 Å². The van der Waals surface area contributed by atoms with Crippen LogP contribution in [0.15, 0.2) is 72.8 Å². The van der Waals surface area contributed by atoms with E-state index in [2.05, 4.69) is 5.32 Å². The lowest BCUT2D eigenvalue weighted by Gasteiger charge is -2.08. The molecule has 2 heterocycles. The van der Waals surface area contributed by atoms with Gasteiger partial charge < -0.3 is 24.3 Å². The molecule has 182 valence electrons. The lowest BCUT2D eigenvalue weighted by Crippen LogP contribution is -2.14. The quantitative estimate of drug-likeness (QED) is 0.303. The van der Waals surface area contributed by atoms with Crippen molar-refractivity contribution in [2.24, 2.45) is 0 Å². The van der Waals surface area contributed by atoms with Gasteiger partial charge in [-0.3, -0.25) is 4.79 Å². The molecule has 1 N–H and O–H groups in total. The molecule has 0 fully saturated rings. The van der Waals surface area contributed by atoms with Crippen molar-refractivity contribution in [3.63, 3.8) is 0 Å². The fourth-order valence-electron chi connectivity index (χ4n) is 3.88. The standard InChI is InChI=1S/C28H23NO6S/c1-17-24(15-18-8-13-22-23(14-18)34-16-33-22)36-27(25(17)28(31)32-2)29-26(30)19-9-11-21(12-10-19)35-20-6-4-3-5-7-20/h3-14H,15-16H2,1-2H3,(H,29,30). The van der Waals surface area contributed by atoms with Gasteiger partial charge in [-0.1, -0.05) is 24.3 Å². The molecule has 1 aliphatic heterocycles. The van der Waals surface area contributed by atoms with Crippen LogP contribution < -0.4 is 19.5 Å². The lowest BCUT2D eigenvalue weighted by molar-refractivity contribution is 0.0601. The van der Waals surface area contributed by atoms with Crippen LogP contribution in [-0.2, 0) is 11.2 Å². The number of fused-ring (bicyclic) bond motifs is 1. The predicted molar refractivity (Wildman–Crippen MR) is 137 cm³/mol. The Kier molecular flexibility index (Phi) is 6.60. The highest BCUT2D eigenvalue weighted by molar-refractivity contribution is 7.17. The van der Waals surface area contributed by atoms with E-state index < -0.39 is 5.97 Å². The molecule has 3 aromatic carbocycles. The van der Waals surface area contributed by atoms with Gasteiger partial charge in [0.1, 0.15) is 16.5 Å². The van der Waals surface area contributed by atoms with Crippen molar-refractivity contribution in [3.8, 4) is 23.0 Å². The van der Waals surface area contributed by atoms with E-state index in [1.807, 2.05) is 55.5 Å². The number of anilines is 1. The van der Waals surface area contributed by atoms with Crippen molar-refractivity contribution in [1.29, 1.82) is 0 Å². The molecule has 0 aliphatic carbocycles. The third-order valence-corrected chi connectivity index (χ3v) is 6.97. The SMILES string of the molecule is COC(=O)c1c(NC(=O)c2ccc(Oc3ccccc3)cc2)sc(Cc2ccc3c(c2)OCO3)c1C. The van der Waals surface area contributed by atoms with Crippen molar-refractivity contribution in [2.45, 2.75) is 13.3 Å². The van der Waals surface area contributed by atoms with Crippen LogP contribution in [0.2, 0.25) is 0 Å². The van der Waals surface area contributed by atoms with Crippen molar-refractivity contribution < 1.29 is 28.5 Å². The number of amides is 1. The Morgan fingerprint density at radius 3 is 2.42 bits per heavy atom. The minimum atomic E-state index is -0.498. The number of hydrogen-bond donors (Lipinski definition) is 1. The topological polar surface area (TPSA) is 83.1 Å². The summed E-state index contributed by atoms with van der Waals surface area (Å²) in [5, 5.41) is 3.34. The molecule has 1 amide bonds. The van der Waals surface area contributed by atoms with E-state index >= 15 is 0 Å². The van der Waals surface area contributed by atoms with Gasteiger partial charge in [-0.15, -0.1) is 11.3 Å². The number of hydrogen-bond acceptors (Lipinski definition) is 7. The van der Waals surface area contributed by atoms with Gasteiger partial charge in [0, 0.05) is 16.9 Å². The second-order valence-corrected chi connectivity index (χ2v) is 9.21. The van der Waals surface area contributed by atoms with Crippen LogP contribution in [0.3, 0.4) is 0 Å². The molecule has 0 saturated heterocycles. The van der Waals surface area contributed by atoms with Gasteiger partial charge in [-0.05, 0) is 66.6 Å². The molecule has 0 unspecified atom stereocenters. The largest absolute Gasteiger partial charge is 0.465 e. The summed E-state index contributed by atoms with van der Waals surface area (Å²) in [5.41, 5.74) is 2.57. The maximum Gasteiger partial charge on any atom is 0.341 e. The minimum absolute atomic E-state index is 0.207. The Labute approximate surface area is 212 Å². The number of para-hydroxylation sites is 1. The summed E-state index contributed by atoms with van der Waals surface area (Å²) in [5.74, 6) is 1.91. The van der Waals surface area contributed by atoms with Crippen molar-refractivity contribution in [3.05, 3.63) is 99.9 Å². The molecule has 0 atom stereocenters. The van der Waals surface area contributed by atoms with Gasteiger partial charge in [0.15, 0.2) is 11.5 Å². The second kappa shape index (κ2) is 10.1. The highest BCUT2D eigenvalue weighted by atomic mass is 32.1. The lowest BCUT2D eigenvalue weighted by atomic mass is 10.1. The Balaban J connectivity index is 1.35. The molecule has 0 spiro atoms. The molecule has 8 heteroatoms. The molecule has 0 bridgehead atoms. The van der Waals surface area contributed by atoms with E-state index in [1.165, 1.54) is 18.4 Å². The normalized spacial score (nSPS) is 11.7. The number of carbonyl (C=O) groups excluding carboxylic acids is 2. The summed E-state index contributed by atoms with van der Waals surface area (Å²) < 4.78 is 21.7. The molecule has 36 heavy (non-hydrogen) atoms. The maximum atomic E-state index is 13.0. The third-order valence-electron chi connectivity index (χ3n) is 5.76. The first-order valence-corrected chi connectivity index (χ1v) is 12.1. The highest BCUT2D eigenvalue weighted by Crippen LogP contribution is 2.38. The average molecular weight is 502 g/mol. The fourth-order valence-corrected chi connectivity index (χ4v) is 5.10. The van der Waals surface area contributed by atoms with Crippen LogP contribution in [0, 0.1) is 6.92 Å². The van der Waals surface area contributed by atoms with Gasteiger partial charge in [-0.2, -0.15) is 0 Å². The number of benzene rings is 3. The van der Waals surface area contributed by atoms with Crippen molar-refractivity contribution >= 4 is 28.2 Å². The first-order valence-electron chi connectivity index (χ1n) is 11.2. The zero-order valence-corrected chi connectivity index (χ0v) is 20.5. The number of esters is 1. The Hall–Kier alpha value is -4.30. The van der Waals surface area contributed by atoms with Gasteiger partial charge in [0.05, 0.1) is 12.7 Å². The van der Waals surface area contributed by atoms with Crippen LogP contribution in [0.25, 0.3) is 0 Å². The van der Waals surface area contributed by atoms with Crippen molar-refractivity contribution in [2.75, 3.05) is 19.2 Å². The van der Waals surface area contributed by atoms with Crippen LogP contribution in [0.5, 0.6) is 23.0 Å². The summed E-state index contributed by atoms with van der Waals surface area (Å²) in [6.45, 7) is 2.06. The van der Waals surface area contributed by atoms with Crippen LogP contribution in [0.4, 0.5) is 5.00 Å². The van der Waals surface area contributed by atoms with E-state index in [-0.39, 0.29) is 12.7 Å². The van der Waals surface area contributed by atoms with E-state index in [9.17, 15) is 9.59 Å². The molecular formula is C28H23NO6S. The highest BCUT2D eigenvalue weighted by Gasteiger charge is 2.24. The van der Waals surface area contributed by atoms with E-state index in [0.717, 1.165) is 16.0 Å². The number of ether oxygens (including phenoxy) is 4. The van der Waals surface area contributed by atoms with Crippen LogP contribution in [-0.4, -0.2) is 25.8 Å². The summed E-state index contributed by atoms with van der Waals surface area (Å²) in [6, 6.07) is 22.0. The number of carbonyl (C=O) groups is 2. The zero-order valence-electron chi connectivity index (χ0n) is 19.7. The molecule has 1 aliphatic rings. The monoisotopic (exact) mass is 501 g/mol. The number of thiophene rings is 1. The number of rotatable bonds is 7. The first kappa shape index (κ1) is 23.4. The second-order valence-electron chi connectivity index (χ2n) is 8.10. The van der Waals surface area contributed by atoms with Gasteiger partial charge in [-0.25, -0.2) is 4.79 Å². The molecule has 4 aromatic rings. The van der Waals surface area contributed by atoms with Gasteiger partial charge in [0.25, 0.3) is 5.91 Å². The molecule has 0 saturated carbocycles. The molecule has 5 rings (SSSR count). The van der Waals surface area contributed by atoms with Gasteiger partial charge >= 0.3 is 5.97 Å². The van der Waals surface area contributed by atoms with Gasteiger partial charge in [0.2, 0.25) is 6.79 Å². The van der Waals surface area contributed by atoms with Crippen molar-refractivity contribution in [1.82, 2.24) is 0 Å². The predicted octanol–water partition coefficient (Wildman–Crippen LogP) is 6.21. The Bertz CT molecular complexity index is 1410. The number of methoxy groups -OCH3 is 1. The average Bonchev–Trinajstić information content (AvgIpc) is 3.48. The number of nitrogens with one attached hydrogen (secondary N) is 1. The minimum Gasteiger partial charge on any atom is -0.465 e. The maximum absolute atomic E-state index is 13.0. The molecule has 0 radical (unpaired) electrons. The Morgan fingerprint density at radius 2 is 1.67 bits per heavy atom. The summed E-state index contributed by atoms with van der Waals surface area (Å²) in [4.78, 5) is 26.6. The van der Waals surface area contributed by atoms with Crippen LogP contribution >= 0.6 is 11.3 Å². The summed E-state index contributed by atoms with van der Waals surface area (Å²) >= 11 is 1.36. The smallest absolute Gasteiger partial charge is 0.341 e. The van der Waals surface area contributed by atoms with E-state index in [4.69, 9.17) is 18.9 Å². The first-order chi connectivity index (χ1) is 17.5. The summed E-state index contributed by atoms with van der Waals surface area (Å²) in [7, 11) is 1.33. The third kappa shape index (κ3) is 4.89. The van der Waals surface area contributed by atoms with Crippen LogP contribution in [0.1, 0.15) is 36.7 Å². The fraction of sp³-hybridized carbons (Fsp3) is 0.143. The van der Waals surface area contributed by atoms with E-state index in [1.54, 1.807) is 24.3 Å². The molecular weight excluding hydrogens is 478 g/mol. The molecule has 1 aromatic heterocycles. The molecule has 7 nitrogen and oxygen atoms in total. The Morgan fingerprint density at radius 1 is 0.944 bits per heavy atom.